The van der Waals surface area contributed by atoms with Gasteiger partial charge < -0.3 is 25.0 Å². The lowest BCUT2D eigenvalue weighted by atomic mass is 10.2. The molecule has 0 unspecified atom stereocenters. The summed E-state index contributed by atoms with van der Waals surface area (Å²) < 4.78 is 10.6. The summed E-state index contributed by atoms with van der Waals surface area (Å²) in [6, 6.07) is 13.7. The highest BCUT2D eigenvalue weighted by Gasteiger charge is 2.23. The molecule has 0 saturated heterocycles. The van der Waals surface area contributed by atoms with Crippen molar-refractivity contribution < 1.29 is 14.3 Å². The number of ether oxygens (including phenoxy) is 2. The zero-order valence-electron chi connectivity index (χ0n) is 16.9. The Morgan fingerprint density at radius 3 is 2.59 bits per heavy atom. The van der Waals surface area contributed by atoms with E-state index in [0.717, 1.165) is 24.2 Å². The lowest BCUT2D eigenvalue weighted by Gasteiger charge is -2.19. The van der Waals surface area contributed by atoms with Crippen LogP contribution in [0.2, 0.25) is 0 Å². The molecule has 1 amide bonds. The Kier molecular flexibility index (Phi) is 8.56. The van der Waals surface area contributed by atoms with Gasteiger partial charge >= 0.3 is 0 Å². The molecular weight excluding hydrogens is 483 g/mol. The fourth-order valence-electron chi connectivity index (χ4n) is 3.25. The number of guanidine groups is 1. The Bertz CT molecular complexity index is 873. The van der Waals surface area contributed by atoms with Crippen molar-refractivity contribution in [2.24, 2.45) is 4.99 Å². The van der Waals surface area contributed by atoms with Crippen molar-refractivity contribution in [3.05, 3.63) is 53.6 Å². The number of rotatable bonds is 6. The van der Waals surface area contributed by atoms with Gasteiger partial charge in [0.05, 0.1) is 20.8 Å². The number of nitrogens with one attached hydrogen (secondary N) is 2. The molecule has 2 N–H and O–H groups in total. The number of hydrogen-bond donors (Lipinski definition) is 2. The van der Waals surface area contributed by atoms with Crippen LogP contribution in [0.3, 0.4) is 0 Å². The van der Waals surface area contributed by atoms with E-state index >= 15 is 0 Å². The second-order valence-electron chi connectivity index (χ2n) is 6.39. The van der Waals surface area contributed by atoms with E-state index in [4.69, 9.17) is 9.47 Å². The summed E-state index contributed by atoms with van der Waals surface area (Å²) in [5, 5.41) is 6.30. The number of halogens is 1. The van der Waals surface area contributed by atoms with Gasteiger partial charge in [0, 0.05) is 25.8 Å². The highest BCUT2D eigenvalue weighted by molar-refractivity contribution is 14.0. The molecule has 8 heteroatoms. The van der Waals surface area contributed by atoms with Crippen molar-refractivity contribution in [2.75, 3.05) is 39.3 Å². The molecular formula is C21H27IN4O3. The normalized spacial score (nSPS) is 12.7. The van der Waals surface area contributed by atoms with E-state index in [1.165, 1.54) is 5.56 Å². The minimum absolute atomic E-state index is 0. The Hall–Kier alpha value is -2.49. The van der Waals surface area contributed by atoms with Crippen LogP contribution >= 0.6 is 24.0 Å². The minimum Gasteiger partial charge on any atom is -0.493 e. The maximum Gasteiger partial charge on any atom is 0.246 e. The van der Waals surface area contributed by atoms with Crippen molar-refractivity contribution in [2.45, 2.75) is 13.0 Å². The molecule has 0 atom stereocenters. The monoisotopic (exact) mass is 510 g/mol. The molecule has 0 spiro atoms. The lowest BCUT2D eigenvalue weighted by molar-refractivity contribution is -0.117. The molecule has 1 aliphatic heterocycles. The molecule has 0 radical (unpaired) electrons. The third-order valence-electron chi connectivity index (χ3n) is 4.73. The number of benzene rings is 2. The number of anilines is 1. The van der Waals surface area contributed by atoms with E-state index in [2.05, 4.69) is 21.7 Å². The summed E-state index contributed by atoms with van der Waals surface area (Å²) in [5.74, 6) is 1.95. The summed E-state index contributed by atoms with van der Waals surface area (Å²) in [7, 11) is 4.90. The van der Waals surface area contributed by atoms with Gasteiger partial charge in [-0.2, -0.15) is 0 Å². The smallest absolute Gasteiger partial charge is 0.246 e. The van der Waals surface area contributed by atoms with Crippen LogP contribution in [0.25, 0.3) is 0 Å². The molecule has 2 aromatic carbocycles. The Balaban J connectivity index is 0.00000300. The van der Waals surface area contributed by atoms with Gasteiger partial charge in [0.1, 0.15) is 0 Å². The summed E-state index contributed by atoms with van der Waals surface area (Å²) in [6.07, 6.45) is 0.897. The highest BCUT2D eigenvalue weighted by Crippen LogP contribution is 2.28. The number of carbonyl (C=O) groups excluding carboxylic acids is 1. The predicted molar refractivity (Wildman–Crippen MR) is 126 cm³/mol. The van der Waals surface area contributed by atoms with Crippen molar-refractivity contribution in [3.8, 4) is 11.5 Å². The van der Waals surface area contributed by atoms with E-state index in [9.17, 15) is 4.79 Å². The fraction of sp³-hybridized carbons (Fsp3) is 0.333. The maximum absolute atomic E-state index is 12.6. The third kappa shape index (κ3) is 5.53. The average Bonchev–Trinajstić information content (AvgIpc) is 3.17. The van der Waals surface area contributed by atoms with Gasteiger partial charge in [-0.1, -0.05) is 24.3 Å². The molecule has 2 aromatic rings. The zero-order valence-corrected chi connectivity index (χ0v) is 19.2. The first-order valence-electron chi connectivity index (χ1n) is 9.20. The first kappa shape index (κ1) is 22.8. The van der Waals surface area contributed by atoms with Gasteiger partial charge in [-0.25, -0.2) is 0 Å². The van der Waals surface area contributed by atoms with Crippen LogP contribution in [0.15, 0.2) is 47.5 Å². The number of fused-ring (bicyclic) bond motifs is 1. The van der Waals surface area contributed by atoms with Crippen LogP contribution < -0.4 is 25.0 Å². The highest BCUT2D eigenvalue weighted by atomic mass is 127. The predicted octanol–water partition coefficient (Wildman–Crippen LogP) is 2.58. The molecule has 156 valence electrons. The number of nitrogens with zero attached hydrogens (tertiary/aromatic N) is 2. The summed E-state index contributed by atoms with van der Waals surface area (Å²) in [6.45, 7) is 1.44. The van der Waals surface area contributed by atoms with Crippen LogP contribution in [0.4, 0.5) is 5.69 Å². The summed E-state index contributed by atoms with van der Waals surface area (Å²) >= 11 is 0. The quantitative estimate of drug-likeness (QED) is 0.355. The first-order chi connectivity index (χ1) is 13.7. The molecule has 3 rings (SSSR count). The second kappa shape index (κ2) is 10.9. The first-order valence-corrected chi connectivity index (χ1v) is 9.20. The molecule has 1 heterocycles. The van der Waals surface area contributed by atoms with Crippen molar-refractivity contribution in [1.82, 2.24) is 10.6 Å². The number of aliphatic imine (C=N–C) groups is 1. The molecule has 0 bridgehead atoms. The topological polar surface area (TPSA) is 75.2 Å². The SMILES string of the molecule is CN=C(NCC(=O)N1CCc2ccccc21)NCc1ccc(OC)c(OC)c1.I. The van der Waals surface area contributed by atoms with Gasteiger partial charge in [0.25, 0.3) is 0 Å². The van der Waals surface area contributed by atoms with Crippen LogP contribution in [-0.2, 0) is 17.8 Å². The molecule has 0 aromatic heterocycles. The average molecular weight is 510 g/mol. The van der Waals surface area contributed by atoms with Crippen LogP contribution in [0.5, 0.6) is 11.5 Å². The van der Waals surface area contributed by atoms with Gasteiger partial charge in [-0.05, 0) is 35.7 Å². The molecule has 0 aliphatic carbocycles. The molecule has 1 aliphatic rings. The Labute approximate surface area is 188 Å². The van der Waals surface area contributed by atoms with Gasteiger partial charge in [0.2, 0.25) is 5.91 Å². The summed E-state index contributed by atoms with van der Waals surface area (Å²) in [4.78, 5) is 18.6. The molecule has 0 fully saturated rings. The van der Waals surface area contributed by atoms with E-state index in [1.54, 1.807) is 21.3 Å². The zero-order chi connectivity index (χ0) is 19.9. The Morgan fingerprint density at radius 1 is 1.10 bits per heavy atom. The van der Waals surface area contributed by atoms with Crippen molar-refractivity contribution >= 4 is 41.5 Å². The van der Waals surface area contributed by atoms with Crippen LogP contribution in [0.1, 0.15) is 11.1 Å². The number of methoxy groups -OCH3 is 2. The maximum atomic E-state index is 12.6. The molecule has 7 nitrogen and oxygen atoms in total. The second-order valence-corrected chi connectivity index (χ2v) is 6.39. The van der Waals surface area contributed by atoms with E-state index in [1.807, 2.05) is 41.3 Å². The number of amides is 1. The summed E-state index contributed by atoms with van der Waals surface area (Å²) in [5.41, 5.74) is 3.23. The van der Waals surface area contributed by atoms with Gasteiger partial charge in [0.15, 0.2) is 17.5 Å². The largest absolute Gasteiger partial charge is 0.493 e. The van der Waals surface area contributed by atoms with Crippen LogP contribution in [0, 0.1) is 0 Å². The van der Waals surface area contributed by atoms with Gasteiger partial charge in [-0.3, -0.25) is 9.79 Å². The standard InChI is InChI=1S/C21H26N4O3.HI/c1-22-21(23-13-15-8-9-18(27-2)19(12-15)28-3)24-14-20(26)25-11-10-16-6-4-5-7-17(16)25;/h4-9,12H,10-11,13-14H2,1-3H3,(H2,22,23,24);1H. The molecule has 29 heavy (non-hydrogen) atoms. The number of para-hydroxylation sites is 1. The molecule has 0 saturated carbocycles. The number of hydrogen-bond acceptors (Lipinski definition) is 4. The van der Waals surface area contributed by atoms with E-state index < -0.39 is 0 Å². The number of carbonyl (C=O) groups is 1. The minimum atomic E-state index is 0. The Morgan fingerprint density at radius 2 is 1.86 bits per heavy atom. The van der Waals surface area contributed by atoms with Gasteiger partial charge in [-0.15, -0.1) is 24.0 Å². The van der Waals surface area contributed by atoms with Crippen molar-refractivity contribution in [1.29, 1.82) is 0 Å². The lowest BCUT2D eigenvalue weighted by Crippen LogP contribution is -2.44. The fourth-order valence-corrected chi connectivity index (χ4v) is 3.25. The van der Waals surface area contributed by atoms with Crippen LogP contribution in [-0.4, -0.2) is 46.2 Å². The van der Waals surface area contributed by atoms with E-state index in [-0.39, 0.29) is 36.4 Å². The van der Waals surface area contributed by atoms with Crippen molar-refractivity contribution in [3.63, 3.8) is 0 Å². The third-order valence-corrected chi connectivity index (χ3v) is 4.73. The van der Waals surface area contributed by atoms with E-state index in [0.29, 0.717) is 24.0 Å².